The first-order chi connectivity index (χ1) is 12.7. The predicted molar refractivity (Wildman–Crippen MR) is 94.0 cm³/mol. The highest BCUT2D eigenvalue weighted by Crippen LogP contribution is 2.31. The molecule has 0 atom stereocenters. The van der Waals surface area contributed by atoms with Gasteiger partial charge >= 0.3 is 0 Å². The second-order valence-electron chi connectivity index (χ2n) is 5.20. The molecule has 0 amide bonds. The van der Waals surface area contributed by atoms with Gasteiger partial charge < -0.3 is 9.84 Å². The maximum absolute atomic E-state index is 12.9. The first-order valence-electron chi connectivity index (χ1n) is 7.77. The Kier molecular flexibility index (Phi) is 6.10. The topological polar surface area (TPSA) is 98.0 Å². The van der Waals surface area contributed by atoms with Crippen LogP contribution in [-0.2, 0) is 6.54 Å². The number of aliphatic hydroxyl groups excluding tert-OH is 1. The average molecular weight is 376 g/mol. The van der Waals surface area contributed by atoms with E-state index >= 15 is 0 Å². The molecule has 0 unspecified atom stereocenters. The number of ether oxygens (including phenoxy) is 1. The number of benzene rings is 1. The Bertz CT molecular complexity index is 858. The Balaban J connectivity index is 1.74. The fraction of sp³-hybridized carbons (Fsp3) is 0.250. The van der Waals surface area contributed by atoms with Gasteiger partial charge in [-0.15, -0.1) is 10.2 Å². The van der Waals surface area contributed by atoms with E-state index in [2.05, 4.69) is 25.1 Å². The molecule has 0 aliphatic heterocycles. The van der Waals surface area contributed by atoms with Crippen LogP contribution in [0.1, 0.15) is 5.69 Å². The van der Waals surface area contributed by atoms with Crippen LogP contribution in [0.3, 0.4) is 0 Å². The van der Waals surface area contributed by atoms with Crippen molar-refractivity contribution in [2.75, 3.05) is 20.3 Å². The molecule has 2 heterocycles. The van der Waals surface area contributed by atoms with E-state index in [-0.39, 0.29) is 12.4 Å². The Morgan fingerprint density at radius 3 is 2.92 bits per heavy atom. The van der Waals surface area contributed by atoms with E-state index in [1.54, 1.807) is 13.2 Å². The quantitative estimate of drug-likeness (QED) is 0.451. The van der Waals surface area contributed by atoms with E-state index in [4.69, 9.17) is 9.84 Å². The summed E-state index contributed by atoms with van der Waals surface area (Å²) in [6, 6.07) is 8.48. The summed E-state index contributed by atoms with van der Waals surface area (Å²) in [5.74, 6) is 0.722. The van der Waals surface area contributed by atoms with Crippen LogP contribution in [0.4, 0.5) is 4.39 Å². The van der Waals surface area contributed by atoms with Gasteiger partial charge in [-0.2, -0.15) is 4.80 Å². The van der Waals surface area contributed by atoms with Crippen molar-refractivity contribution in [2.45, 2.75) is 11.4 Å². The maximum atomic E-state index is 12.9. The number of halogens is 1. The minimum Gasteiger partial charge on any atom is -0.496 e. The van der Waals surface area contributed by atoms with Crippen molar-refractivity contribution < 1.29 is 14.2 Å². The van der Waals surface area contributed by atoms with Gasteiger partial charge in [0.25, 0.3) is 0 Å². The molecule has 2 N–H and O–H groups in total. The van der Waals surface area contributed by atoms with Crippen molar-refractivity contribution in [3.05, 3.63) is 48.0 Å². The molecule has 0 bridgehead atoms. The van der Waals surface area contributed by atoms with Crippen LogP contribution in [0.25, 0.3) is 11.4 Å². The summed E-state index contributed by atoms with van der Waals surface area (Å²) in [5.41, 5.74) is 1.39. The Labute approximate surface area is 153 Å². The predicted octanol–water partition coefficient (Wildman–Crippen LogP) is 1.52. The fourth-order valence-corrected chi connectivity index (χ4v) is 2.86. The van der Waals surface area contributed by atoms with Gasteiger partial charge in [0.15, 0.2) is 0 Å². The lowest BCUT2D eigenvalue weighted by Crippen LogP contribution is -2.09. The monoisotopic (exact) mass is 376 g/mol. The second kappa shape index (κ2) is 8.70. The minimum atomic E-state index is -0.389. The SMILES string of the molecule is COc1cc(-c2nnn(Cc3ccc(F)cn3)n2)ccc1SNCCO. The molecule has 1 aromatic carbocycles. The van der Waals surface area contributed by atoms with Gasteiger partial charge in [0, 0.05) is 12.1 Å². The van der Waals surface area contributed by atoms with Crippen molar-refractivity contribution in [1.29, 1.82) is 0 Å². The summed E-state index contributed by atoms with van der Waals surface area (Å²) in [5, 5.41) is 21.2. The van der Waals surface area contributed by atoms with E-state index in [9.17, 15) is 4.39 Å². The van der Waals surface area contributed by atoms with Gasteiger partial charge in [-0.3, -0.25) is 9.71 Å². The summed E-state index contributed by atoms with van der Waals surface area (Å²) in [6.07, 6.45) is 1.15. The average Bonchev–Trinajstić information content (AvgIpc) is 3.12. The third-order valence-electron chi connectivity index (χ3n) is 3.36. The van der Waals surface area contributed by atoms with Crippen LogP contribution in [0.15, 0.2) is 41.4 Å². The van der Waals surface area contributed by atoms with Crippen LogP contribution in [0.2, 0.25) is 0 Å². The maximum Gasteiger partial charge on any atom is 0.205 e. The van der Waals surface area contributed by atoms with Gasteiger partial charge in [-0.25, -0.2) is 4.39 Å². The molecule has 0 saturated heterocycles. The zero-order valence-electron chi connectivity index (χ0n) is 14.0. The van der Waals surface area contributed by atoms with Gasteiger partial charge in [0.2, 0.25) is 5.82 Å². The Hall–Kier alpha value is -2.56. The number of nitrogens with one attached hydrogen (secondary N) is 1. The van der Waals surface area contributed by atoms with Gasteiger partial charge in [0.1, 0.15) is 18.1 Å². The molecule has 0 aliphatic rings. The molecule has 8 nitrogen and oxygen atoms in total. The van der Waals surface area contributed by atoms with Crippen LogP contribution >= 0.6 is 11.9 Å². The van der Waals surface area contributed by atoms with Gasteiger partial charge in [0.05, 0.1) is 30.5 Å². The Morgan fingerprint density at radius 1 is 1.31 bits per heavy atom. The lowest BCUT2D eigenvalue weighted by Gasteiger charge is -2.09. The van der Waals surface area contributed by atoms with Crippen LogP contribution in [-0.4, -0.2) is 50.6 Å². The number of pyridine rings is 1. The molecule has 0 saturated carbocycles. The van der Waals surface area contributed by atoms with Crippen molar-refractivity contribution >= 4 is 11.9 Å². The fourth-order valence-electron chi connectivity index (χ4n) is 2.14. The number of tetrazole rings is 1. The molecule has 0 fully saturated rings. The Morgan fingerprint density at radius 2 is 2.19 bits per heavy atom. The van der Waals surface area contributed by atoms with Crippen molar-refractivity contribution in [3.63, 3.8) is 0 Å². The normalized spacial score (nSPS) is 10.9. The third-order valence-corrected chi connectivity index (χ3v) is 4.27. The number of aromatic nitrogens is 5. The lowest BCUT2D eigenvalue weighted by molar-refractivity contribution is 0.302. The number of aliphatic hydroxyl groups is 1. The van der Waals surface area contributed by atoms with Gasteiger partial charge in [-0.05, 0) is 47.5 Å². The largest absolute Gasteiger partial charge is 0.496 e. The van der Waals surface area contributed by atoms with Gasteiger partial charge in [-0.1, -0.05) is 0 Å². The molecule has 136 valence electrons. The summed E-state index contributed by atoms with van der Waals surface area (Å²) < 4.78 is 21.3. The molecule has 0 aliphatic carbocycles. The zero-order chi connectivity index (χ0) is 18.4. The molecule has 3 rings (SSSR count). The van der Waals surface area contributed by atoms with Crippen molar-refractivity contribution in [1.82, 2.24) is 29.9 Å². The molecular weight excluding hydrogens is 359 g/mol. The number of rotatable bonds is 8. The highest BCUT2D eigenvalue weighted by atomic mass is 32.2. The van der Waals surface area contributed by atoms with E-state index in [1.165, 1.54) is 22.8 Å². The highest BCUT2D eigenvalue weighted by Gasteiger charge is 2.11. The summed E-state index contributed by atoms with van der Waals surface area (Å²) in [6.45, 7) is 0.829. The molecule has 0 spiro atoms. The van der Waals surface area contributed by atoms with Crippen molar-refractivity contribution in [2.24, 2.45) is 0 Å². The summed E-state index contributed by atoms with van der Waals surface area (Å²) in [7, 11) is 1.58. The minimum absolute atomic E-state index is 0.0589. The molecule has 26 heavy (non-hydrogen) atoms. The molecule has 2 aromatic heterocycles. The zero-order valence-corrected chi connectivity index (χ0v) is 14.8. The van der Waals surface area contributed by atoms with E-state index in [0.29, 0.717) is 30.4 Å². The van der Waals surface area contributed by atoms with Crippen LogP contribution in [0.5, 0.6) is 5.75 Å². The molecule has 10 heteroatoms. The second-order valence-corrected chi connectivity index (χ2v) is 6.13. The molecule has 0 radical (unpaired) electrons. The highest BCUT2D eigenvalue weighted by molar-refractivity contribution is 7.97. The van der Waals surface area contributed by atoms with Crippen LogP contribution in [0, 0.1) is 5.82 Å². The molecular formula is C16H17FN6O2S. The number of hydrogen-bond acceptors (Lipinski definition) is 8. The smallest absolute Gasteiger partial charge is 0.205 e. The first-order valence-corrected chi connectivity index (χ1v) is 8.58. The van der Waals surface area contributed by atoms with E-state index < -0.39 is 0 Å². The first kappa shape index (κ1) is 18.2. The number of nitrogens with zero attached hydrogens (tertiary/aromatic N) is 5. The van der Waals surface area contributed by atoms with E-state index in [1.807, 2.05) is 18.2 Å². The lowest BCUT2D eigenvalue weighted by atomic mass is 10.2. The van der Waals surface area contributed by atoms with Crippen molar-refractivity contribution in [3.8, 4) is 17.1 Å². The number of methoxy groups -OCH3 is 1. The number of hydrogen-bond donors (Lipinski definition) is 2. The van der Waals surface area contributed by atoms with Crippen LogP contribution < -0.4 is 9.46 Å². The third kappa shape index (κ3) is 4.54. The van der Waals surface area contributed by atoms with E-state index in [0.717, 1.165) is 16.7 Å². The molecule has 3 aromatic rings. The summed E-state index contributed by atoms with van der Waals surface area (Å²) in [4.78, 5) is 6.26. The standard InChI is InChI=1S/C16H17FN6O2S/c1-25-14-8-11(2-5-15(14)26-19-6-7-24)16-20-22-23(21-16)10-13-4-3-12(17)9-18-13/h2-5,8-9,19,24H,6-7,10H2,1H3. The summed E-state index contributed by atoms with van der Waals surface area (Å²) >= 11 is 1.37.